The molecule has 1 rings (SSSR count). The van der Waals surface area contributed by atoms with E-state index >= 15 is 0 Å². The summed E-state index contributed by atoms with van der Waals surface area (Å²) in [6.07, 6.45) is -1.47. The van der Waals surface area contributed by atoms with E-state index in [1.54, 1.807) is 20.8 Å². The Balaban J connectivity index is 2.42. The van der Waals surface area contributed by atoms with Crippen LogP contribution in [0.3, 0.4) is 0 Å². The van der Waals surface area contributed by atoms with Crippen LogP contribution in [0, 0.1) is 0 Å². The van der Waals surface area contributed by atoms with E-state index < -0.39 is 30.0 Å². The fraction of sp³-hybridized carbons (Fsp3) is 0.778. The molecule has 0 aromatic carbocycles. The summed E-state index contributed by atoms with van der Waals surface area (Å²) in [6, 6.07) is -0.824. The molecule has 0 aromatic rings. The second-order valence-corrected chi connectivity index (χ2v) is 4.30. The number of carbonyl (C=O) groups is 2. The molecule has 86 valence electrons. The molecule has 6 heteroatoms. The molecule has 0 amide bonds. The monoisotopic (exact) mass is 217 g/mol. The fourth-order valence-corrected chi connectivity index (χ4v) is 1.16. The predicted octanol–water partition coefficient (Wildman–Crippen LogP) is -0.491. The number of hydrogen-bond donors (Lipinski definition) is 2. The predicted molar refractivity (Wildman–Crippen MR) is 49.5 cm³/mol. The van der Waals surface area contributed by atoms with Crippen LogP contribution in [0.5, 0.6) is 0 Å². The molecule has 0 aliphatic carbocycles. The molecule has 0 bridgehead atoms. The fourth-order valence-electron chi connectivity index (χ4n) is 1.16. The average molecular weight is 217 g/mol. The molecule has 2 N–H and O–H groups in total. The van der Waals surface area contributed by atoms with Gasteiger partial charge in [0.25, 0.3) is 6.41 Å². The molecule has 0 aromatic heterocycles. The third-order valence-corrected chi connectivity index (χ3v) is 1.65. The molecule has 1 aliphatic heterocycles. The van der Waals surface area contributed by atoms with Crippen molar-refractivity contribution < 1.29 is 24.2 Å². The maximum absolute atomic E-state index is 11.3. The van der Waals surface area contributed by atoms with Crippen molar-refractivity contribution in [3.8, 4) is 0 Å². The van der Waals surface area contributed by atoms with Gasteiger partial charge in [-0.2, -0.15) is 0 Å². The van der Waals surface area contributed by atoms with Crippen LogP contribution >= 0.6 is 0 Å². The molecule has 0 radical (unpaired) electrons. The van der Waals surface area contributed by atoms with Gasteiger partial charge in [-0.3, -0.25) is 9.59 Å². The average Bonchev–Trinajstić information content (AvgIpc) is 2.25. The van der Waals surface area contributed by atoms with Gasteiger partial charge < -0.3 is 14.6 Å². The largest absolute Gasteiger partial charge is 0.460 e. The molecule has 15 heavy (non-hydrogen) atoms. The number of carbonyl (C=O) groups excluding carboxylic acids is 2. The highest BCUT2D eigenvalue weighted by Gasteiger charge is 2.35. The summed E-state index contributed by atoms with van der Waals surface area (Å²) in [7, 11) is 0. The Morgan fingerprint density at radius 2 is 2.20 bits per heavy atom. The highest BCUT2D eigenvalue weighted by molar-refractivity contribution is 5.84. The second-order valence-electron chi connectivity index (χ2n) is 4.30. The van der Waals surface area contributed by atoms with Gasteiger partial charge in [0.05, 0.1) is 6.42 Å². The summed E-state index contributed by atoms with van der Waals surface area (Å²) in [5, 5.41) is 11.3. The van der Waals surface area contributed by atoms with E-state index in [0.717, 1.165) is 0 Å². The van der Waals surface area contributed by atoms with Crippen LogP contribution in [0.2, 0.25) is 0 Å². The van der Waals surface area contributed by atoms with E-state index in [1.807, 2.05) is 0 Å². The van der Waals surface area contributed by atoms with Crippen LogP contribution in [-0.4, -0.2) is 35.1 Å². The number of aliphatic hydroxyl groups is 1. The van der Waals surface area contributed by atoms with Gasteiger partial charge >= 0.3 is 11.9 Å². The summed E-state index contributed by atoms with van der Waals surface area (Å²) in [5.74, 6) is -1.15. The highest BCUT2D eigenvalue weighted by atomic mass is 16.7. The standard InChI is InChI=1S/C9H15NO5/c1-9(2,3)15-6(11)4-5-7(12)14-8(13)10-5/h5,8,10,13H,4H2,1-3H3/t5-,8?/m0/s1. The van der Waals surface area contributed by atoms with Crippen LogP contribution < -0.4 is 5.32 Å². The number of hydrogen-bond acceptors (Lipinski definition) is 6. The number of nitrogens with one attached hydrogen (secondary N) is 1. The second kappa shape index (κ2) is 4.16. The highest BCUT2D eigenvalue weighted by Crippen LogP contribution is 2.12. The van der Waals surface area contributed by atoms with Gasteiger partial charge in [0, 0.05) is 0 Å². The lowest BCUT2D eigenvalue weighted by atomic mass is 10.2. The maximum atomic E-state index is 11.3. The first kappa shape index (κ1) is 11.9. The summed E-state index contributed by atoms with van der Waals surface area (Å²) in [4.78, 5) is 22.3. The summed E-state index contributed by atoms with van der Waals surface area (Å²) in [5.41, 5.74) is -0.585. The SMILES string of the molecule is CC(C)(C)OC(=O)C[C@@H]1NC(O)OC1=O. The lowest BCUT2D eigenvalue weighted by Crippen LogP contribution is -2.35. The molecule has 0 saturated carbocycles. The van der Waals surface area contributed by atoms with Gasteiger partial charge in [-0.25, -0.2) is 5.32 Å². The van der Waals surface area contributed by atoms with E-state index in [-0.39, 0.29) is 6.42 Å². The summed E-state index contributed by atoms with van der Waals surface area (Å²) in [6.45, 7) is 5.21. The lowest BCUT2D eigenvalue weighted by Gasteiger charge is -2.20. The number of cyclic esters (lactones) is 1. The van der Waals surface area contributed by atoms with Crippen LogP contribution in [0.4, 0.5) is 0 Å². The smallest absolute Gasteiger partial charge is 0.327 e. The first-order chi connectivity index (χ1) is 6.78. The maximum Gasteiger partial charge on any atom is 0.327 e. The Morgan fingerprint density at radius 3 is 2.60 bits per heavy atom. The van der Waals surface area contributed by atoms with Crippen molar-refractivity contribution in [3.63, 3.8) is 0 Å². The number of rotatable bonds is 2. The van der Waals surface area contributed by atoms with Crippen molar-refractivity contribution in [3.05, 3.63) is 0 Å². The summed E-state index contributed by atoms with van der Waals surface area (Å²) < 4.78 is 9.42. The lowest BCUT2D eigenvalue weighted by molar-refractivity contribution is -0.160. The van der Waals surface area contributed by atoms with Crippen molar-refractivity contribution >= 4 is 11.9 Å². The van der Waals surface area contributed by atoms with Crippen molar-refractivity contribution in [1.29, 1.82) is 0 Å². The Hall–Kier alpha value is -1.14. The van der Waals surface area contributed by atoms with Crippen LogP contribution in [0.1, 0.15) is 27.2 Å². The Kier molecular flexibility index (Phi) is 3.31. The molecule has 1 unspecified atom stereocenters. The Morgan fingerprint density at radius 1 is 1.60 bits per heavy atom. The van der Waals surface area contributed by atoms with Crippen molar-refractivity contribution in [2.75, 3.05) is 0 Å². The van der Waals surface area contributed by atoms with E-state index in [1.165, 1.54) is 0 Å². The first-order valence-electron chi connectivity index (χ1n) is 4.64. The molecule has 1 heterocycles. The van der Waals surface area contributed by atoms with Crippen LogP contribution in [0.25, 0.3) is 0 Å². The molecular weight excluding hydrogens is 202 g/mol. The van der Waals surface area contributed by atoms with E-state index in [9.17, 15) is 9.59 Å². The van der Waals surface area contributed by atoms with Gasteiger partial charge in [0.15, 0.2) is 0 Å². The molecule has 0 spiro atoms. The van der Waals surface area contributed by atoms with E-state index in [2.05, 4.69) is 10.1 Å². The minimum atomic E-state index is -1.33. The number of esters is 2. The topological polar surface area (TPSA) is 84.9 Å². The van der Waals surface area contributed by atoms with Gasteiger partial charge in [-0.1, -0.05) is 0 Å². The van der Waals surface area contributed by atoms with Crippen LogP contribution in [-0.2, 0) is 19.1 Å². The summed E-state index contributed by atoms with van der Waals surface area (Å²) >= 11 is 0. The molecule has 1 fully saturated rings. The van der Waals surface area contributed by atoms with Crippen molar-refractivity contribution in [1.82, 2.24) is 5.32 Å². The minimum Gasteiger partial charge on any atom is -0.460 e. The molecule has 1 saturated heterocycles. The third-order valence-electron chi connectivity index (χ3n) is 1.65. The number of aliphatic hydroxyl groups excluding tert-OH is 1. The van der Waals surface area contributed by atoms with Crippen molar-refractivity contribution in [2.45, 2.75) is 45.2 Å². The molecule has 6 nitrogen and oxygen atoms in total. The van der Waals surface area contributed by atoms with Gasteiger partial charge in [0.1, 0.15) is 11.6 Å². The molecular formula is C9H15NO5. The Bertz CT molecular complexity index is 270. The zero-order chi connectivity index (χ0) is 11.6. The quantitative estimate of drug-likeness (QED) is 0.607. The Labute approximate surface area is 87.5 Å². The van der Waals surface area contributed by atoms with Crippen LogP contribution in [0.15, 0.2) is 0 Å². The third kappa shape index (κ3) is 3.85. The number of ether oxygens (including phenoxy) is 2. The zero-order valence-corrected chi connectivity index (χ0v) is 8.94. The minimum absolute atomic E-state index is 0.146. The van der Waals surface area contributed by atoms with E-state index in [0.29, 0.717) is 0 Å². The zero-order valence-electron chi connectivity index (χ0n) is 8.94. The first-order valence-corrected chi connectivity index (χ1v) is 4.64. The molecule has 2 atom stereocenters. The van der Waals surface area contributed by atoms with Crippen molar-refractivity contribution in [2.24, 2.45) is 0 Å². The van der Waals surface area contributed by atoms with Gasteiger partial charge in [-0.15, -0.1) is 0 Å². The van der Waals surface area contributed by atoms with Gasteiger partial charge in [0.2, 0.25) is 0 Å². The van der Waals surface area contributed by atoms with Gasteiger partial charge in [-0.05, 0) is 20.8 Å². The normalized spacial score (nSPS) is 26.3. The molecule has 1 aliphatic rings. The van der Waals surface area contributed by atoms with E-state index in [4.69, 9.17) is 9.84 Å².